The molecule has 0 spiro atoms. The van der Waals surface area contributed by atoms with Gasteiger partial charge >= 0.3 is 0 Å². The Morgan fingerprint density at radius 1 is 0.875 bits per heavy atom. The highest BCUT2D eigenvalue weighted by molar-refractivity contribution is 4.88. The van der Waals surface area contributed by atoms with Crippen LogP contribution in [0.4, 0.5) is 0 Å². The third kappa shape index (κ3) is 22.9. The van der Waals surface area contributed by atoms with Gasteiger partial charge in [0, 0.05) is 12.4 Å². The zero-order valence-electron chi connectivity index (χ0n) is 10.7. The van der Waals surface area contributed by atoms with Crippen LogP contribution in [0.2, 0.25) is 0 Å². The fraction of sp³-hybridized carbons (Fsp3) is 0.400. The Labute approximate surface area is 101 Å². The Kier molecular flexibility index (Phi) is 20.5. The second kappa shape index (κ2) is 19.2. The Morgan fingerprint density at radius 3 is 1.38 bits per heavy atom. The summed E-state index contributed by atoms with van der Waals surface area (Å²) in [5, 5.41) is 0. The van der Waals surface area contributed by atoms with Crippen LogP contribution in [0.15, 0.2) is 55.9 Å². The van der Waals surface area contributed by atoms with E-state index < -0.39 is 0 Å². The number of hydrogen-bond acceptors (Lipinski definition) is 1. The summed E-state index contributed by atoms with van der Waals surface area (Å²) in [6, 6.07) is 5.72. The molecule has 1 rings (SSSR count). The summed E-state index contributed by atoms with van der Waals surface area (Å²) in [6.07, 6.45) is 12.1. The number of pyridine rings is 1. The summed E-state index contributed by atoms with van der Waals surface area (Å²) >= 11 is 0. The standard InChI is InChI=1S/C5H5N.2C5H10/c1-2-4-6-5-3-1;2*1-3-5-4-2/h1-5H;2*3H,1,4-5H2,2H3. The first-order chi connectivity index (χ1) is 7.83. The van der Waals surface area contributed by atoms with Crippen molar-refractivity contribution in [1.29, 1.82) is 0 Å². The van der Waals surface area contributed by atoms with Gasteiger partial charge in [-0.1, -0.05) is 44.9 Å². The van der Waals surface area contributed by atoms with Crippen LogP contribution < -0.4 is 0 Å². The maximum atomic E-state index is 3.78. The van der Waals surface area contributed by atoms with Crippen LogP contribution in [0.5, 0.6) is 0 Å². The molecule has 16 heavy (non-hydrogen) atoms. The minimum Gasteiger partial charge on any atom is -0.265 e. The molecule has 0 radical (unpaired) electrons. The van der Waals surface area contributed by atoms with E-state index in [2.05, 4.69) is 32.0 Å². The quantitative estimate of drug-likeness (QED) is 0.647. The Bertz CT molecular complexity index is 179. The number of nitrogens with zero attached hydrogens (tertiary/aromatic N) is 1. The van der Waals surface area contributed by atoms with Gasteiger partial charge in [-0.05, 0) is 25.0 Å². The van der Waals surface area contributed by atoms with Crippen molar-refractivity contribution < 1.29 is 0 Å². The number of allylic oxidation sites excluding steroid dienone is 2. The van der Waals surface area contributed by atoms with Crippen molar-refractivity contribution in [2.75, 3.05) is 0 Å². The van der Waals surface area contributed by atoms with E-state index in [1.165, 1.54) is 12.8 Å². The second-order valence-electron chi connectivity index (χ2n) is 3.18. The second-order valence-corrected chi connectivity index (χ2v) is 3.18. The third-order valence-electron chi connectivity index (χ3n) is 1.55. The largest absolute Gasteiger partial charge is 0.265 e. The smallest absolute Gasteiger partial charge is 0.0267 e. The lowest BCUT2D eigenvalue weighted by Crippen LogP contribution is -1.58. The van der Waals surface area contributed by atoms with E-state index in [0.717, 1.165) is 12.8 Å². The Balaban J connectivity index is 0. The Morgan fingerprint density at radius 2 is 1.31 bits per heavy atom. The number of aromatic nitrogens is 1. The first-order valence-electron chi connectivity index (χ1n) is 5.90. The van der Waals surface area contributed by atoms with E-state index in [-0.39, 0.29) is 0 Å². The van der Waals surface area contributed by atoms with Crippen molar-refractivity contribution >= 4 is 0 Å². The van der Waals surface area contributed by atoms with Crippen LogP contribution in [-0.2, 0) is 0 Å². The maximum Gasteiger partial charge on any atom is 0.0267 e. The van der Waals surface area contributed by atoms with Gasteiger partial charge in [-0.2, -0.15) is 0 Å². The molecule has 0 N–H and O–H groups in total. The highest BCUT2D eigenvalue weighted by Gasteiger charge is 1.62. The van der Waals surface area contributed by atoms with Crippen molar-refractivity contribution in [3.63, 3.8) is 0 Å². The summed E-state index contributed by atoms with van der Waals surface area (Å²) in [5.74, 6) is 0. The van der Waals surface area contributed by atoms with Crippen LogP contribution in [0, 0.1) is 0 Å². The van der Waals surface area contributed by atoms with Gasteiger partial charge in [-0.15, -0.1) is 13.2 Å². The molecular weight excluding hydrogens is 194 g/mol. The van der Waals surface area contributed by atoms with Gasteiger partial charge in [-0.25, -0.2) is 0 Å². The molecule has 0 aromatic carbocycles. The molecule has 0 amide bonds. The summed E-state index contributed by atoms with van der Waals surface area (Å²) < 4.78 is 0. The molecule has 0 aliphatic carbocycles. The molecule has 0 atom stereocenters. The molecule has 0 saturated heterocycles. The predicted octanol–water partition coefficient (Wildman–Crippen LogP) is 5.03. The van der Waals surface area contributed by atoms with E-state index in [4.69, 9.17) is 0 Å². The molecule has 0 unspecified atom stereocenters. The van der Waals surface area contributed by atoms with Crippen LogP contribution in [0.1, 0.15) is 39.5 Å². The van der Waals surface area contributed by atoms with Crippen LogP contribution in [0.3, 0.4) is 0 Å². The molecule has 0 fully saturated rings. The molecule has 0 aliphatic rings. The average Bonchev–Trinajstić information content (AvgIpc) is 2.35. The van der Waals surface area contributed by atoms with E-state index in [1.54, 1.807) is 12.4 Å². The van der Waals surface area contributed by atoms with Gasteiger partial charge in [0.15, 0.2) is 0 Å². The van der Waals surface area contributed by atoms with E-state index >= 15 is 0 Å². The molecule has 1 heteroatoms. The molecule has 1 aromatic heterocycles. The van der Waals surface area contributed by atoms with E-state index in [9.17, 15) is 0 Å². The number of rotatable bonds is 4. The van der Waals surface area contributed by atoms with Crippen LogP contribution in [0.25, 0.3) is 0 Å². The van der Waals surface area contributed by atoms with Crippen molar-refractivity contribution in [1.82, 2.24) is 4.98 Å². The van der Waals surface area contributed by atoms with Gasteiger partial charge in [0.05, 0.1) is 0 Å². The summed E-state index contributed by atoms with van der Waals surface area (Å²) in [7, 11) is 0. The van der Waals surface area contributed by atoms with Gasteiger partial charge in [0.2, 0.25) is 0 Å². The Hall–Kier alpha value is -1.37. The fourth-order valence-electron chi connectivity index (χ4n) is 0.721. The highest BCUT2D eigenvalue weighted by Crippen LogP contribution is 1.82. The van der Waals surface area contributed by atoms with Crippen LogP contribution in [-0.4, -0.2) is 4.98 Å². The van der Waals surface area contributed by atoms with Crippen LogP contribution >= 0.6 is 0 Å². The monoisotopic (exact) mass is 219 g/mol. The van der Waals surface area contributed by atoms with Gasteiger partial charge in [-0.3, -0.25) is 4.98 Å². The molecule has 1 aromatic rings. The molecule has 0 aliphatic heterocycles. The molecule has 1 heterocycles. The molecule has 1 nitrogen and oxygen atoms in total. The van der Waals surface area contributed by atoms with E-state index in [0.29, 0.717) is 0 Å². The van der Waals surface area contributed by atoms with Crippen molar-refractivity contribution in [3.8, 4) is 0 Å². The molecule has 90 valence electrons. The lowest BCUT2D eigenvalue weighted by Gasteiger charge is -1.72. The minimum absolute atomic E-state index is 1.15. The maximum absolute atomic E-state index is 3.78. The van der Waals surface area contributed by atoms with Gasteiger partial charge < -0.3 is 0 Å². The topological polar surface area (TPSA) is 12.9 Å². The lowest BCUT2D eigenvalue weighted by molar-refractivity contribution is 0.961. The highest BCUT2D eigenvalue weighted by atomic mass is 14.6. The number of hydrogen-bond donors (Lipinski definition) is 0. The average molecular weight is 219 g/mol. The summed E-state index contributed by atoms with van der Waals surface area (Å²) in [4.78, 5) is 3.78. The van der Waals surface area contributed by atoms with Crippen molar-refractivity contribution in [2.45, 2.75) is 39.5 Å². The predicted molar refractivity (Wildman–Crippen MR) is 74.4 cm³/mol. The van der Waals surface area contributed by atoms with Gasteiger partial charge in [0.25, 0.3) is 0 Å². The first-order valence-corrected chi connectivity index (χ1v) is 5.90. The molecular formula is C15H25N. The fourth-order valence-corrected chi connectivity index (χ4v) is 0.721. The first kappa shape index (κ1) is 17.0. The van der Waals surface area contributed by atoms with Crippen molar-refractivity contribution in [3.05, 3.63) is 55.9 Å². The normalized spacial score (nSPS) is 7.62. The zero-order valence-corrected chi connectivity index (χ0v) is 10.7. The third-order valence-corrected chi connectivity index (χ3v) is 1.55. The zero-order chi connectivity index (χ0) is 12.5. The minimum atomic E-state index is 1.15. The van der Waals surface area contributed by atoms with Crippen molar-refractivity contribution in [2.24, 2.45) is 0 Å². The summed E-state index contributed by atoms with van der Waals surface area (Å²) in [5.41, 5.74) is 0. The van der Waals surface area contributed by atoms with E-state index in [1.807, 2.05) is 30.4 Å². The molecule has 0 bridgehead atoms. The summed E-state index contributed by atoms with van der Waals surface area (Å²) in [6.45, 7) is 11.4. The van der Waals surface area contributed by atoms with Gasteiger partial charge in [0.1, 0.15) is 0 Å². The number of unbranched alkanes of at least 4 members (excludes halogenated alkanes) is 2. The lowest BCUT2D eigenvalue weighted by atomic mass is 10.3. The molecule has 0 saturated carbocycles. The SMILES string of the molecule is C=CCCC.C=CCCC.c1ccncc1.